The van der Waals surface area contributed by atoms with Crippen molar-refractivity contribution in [2.24, 2.45) is 0 Å². The molecule has 0 unspecified atom stereocenters. The predicted molar refractivity (Wildman–Crippen MR) is 113 cm³/mol. The number of nitrogens with zero attached hydrogens (tertiary/aromatic N) is 2. The van der Waals surface area contributed by atoms with Gasteiger partial charge in [-0.3, -0.25) is 25.0 Å². The van der Waals surface area contributed by atoms with E-state index in [1.54, 1.807) is 12.1 Å². The number of carbonyl (C=O) groups is 1. The van der Waals surface area contributed by atoms with Gasteiger partial charge in [0.1, 0.15) is 6.04 Å². The van der Waals surface area contributed by atoms with E-state index in [2.05, 4.69) is 37.2 Å². The molecule has 2 N–H and O–H groups in total. The standard InChI is InChI=1S/C10H11BrN2O4S.C6H3BrFNO2/c1-12-7(10(14)15)5-18-9-6(11)3-2-4-8(9)13(16)17;7-4-2-1-3-5(6(4)8)9(10)11/h2-4,7,12H,5H2,1H3,(H,14,15);1-3H/t7-;/m0./s1. The molecule has 0 saturated heterocycles. The Morgan fingerprint density at radius 1 is 1.14 bits per heavy atom. The smallest absolute Gasteiger partial charge is 0.321 e. The van der Waals surface area contributed by atoms with Crippen LogP contribution in [0.4, 0.5) is 15.8 Å². The van der Waals surface area contributed by atoms with Gasteiger partial charge in [-0.1, -0.05) is 12.1 Å². The summed E-state index contributed by atoms with van der Waals surface area (Å²) in [6.45, 7) is 0. The van der Waals surface area contributed by atoms with Gasteiger partial charge in [0, 0.05) is 22.4 Å². The Kier molecular flexibility index (Phi) is 10.2. The predicted octanol–water partition coefficient (Wildman–Crippen LogP) is 4.62. The Labute approximate surface area is 185 Å². The van der Waals surface area contributed by atoms with Gasteiger partial charge >= 0.3 is 11.7 Å². The highest BCUT2D eigenvalue weighted by Gasteiger charge is 2.21. The molecule has 2 rings (SSSR count). The molecule has 29 heavy (non-hydrogen) atoms. The van der Waals surface area contributed by atoms with E-state index in [1.165, 1.54) is 25.2 Å². The van der Waals surface area contributed by atoms with Gasteiger partial charge in [0.2, 0.25) is 5.82 Å². The van der Waals surface area contributed by atoms with Crippen molar-refractivity contribution in [3.63, 3.8) is 0 Å². The third-order valence-corrected chi connectivity index (χ3v) is 6.07. The molecule has 2 aromatic carbocycles. The van der Waals surface area contributed by atoms with Gasteiger partial charge in [0.05, 0.1) is 19.2 Å². The molecule has 0 fully saturated rings. The Balaban J connectivity index is 0.000000326. The zero-order chi connectivity index (χ0) is 22.1. The summed E-state index contributed by atoms with van der Waals surface area (Å²) in [6, 6.07) is 7.82. The first kappa shape index (κ1) is 24.9. The highest BCUT2D eigenvalue weighted by molar-refractivity contribution is 9.10. The van der Waals surface area contributed by atoms with Gasteiger partial charge in [0.15, 0.2) is 0 Å². The number of nitrogens with one attached hydrogen (secondary N) is 1. The lowest BCUT2D eigenvalue weighted by Gasteiger charge is -2.11. The summed E-state index contributed by atoms with van der Waals surface area (Å²) in [6.07, 6.45) is 0. The second-order valence-corrected chi connectivity index (χ2v) is 7.90. The fraction of sp³-hybridized carbons (Fsp3) is 0.188. The first-order valence-corrected chi connectivity index (χ1v) is 10.2. The summed E-state index contributed by atoms with van der Waals surface area (Å²) in [5, 5.41) is 32.5. The second kappa shape index (κ2) is 11.8. The number of halogens is 3. The molecular formula is C16H14Br2FN3O6S. The van der Waals surface area contributed by atoms with Crippen molar-refractivity contribution >= 4 is 61.0 Å². The van der Waals surface area contributed by atoms with Gasteiger partial charge in [-0.25, -0.2) is 0 Å². The summed E-state index contributed by atoms with van der Waals surface area (Å²) in [5.41, 5.74) is -0.547. The summed E-state index contributed by atoms with van der Waals surface area (Å²) < 4.78 is 13.5. The fourth-order valence-corrected chi connectivity index (χ4v) is 4.06. The minimum Gasteiger partial charge on any atom is -0.480 e. The van der Waals surface area contributed by atoms with Crippen LogP contribution < -0.4 is 5.32 Å². The number of carboxylic acid groups (broad SMARTS) is 1. The van der Waals surface area contributed by atoms with E-state index in [4.69, 9.17) is 5.11 Å². The molecule has 0 radical (unpaired) electrons. The molecule has 156 valence electrons. The van der Waals surface area contributed by atoms with E-state index in [9.17, 15) is 29.4 Å². The van der Waals surface area contributed by atoms with Crippen LogP contribution in [0.25, 0.3) is 0 Å². The summed E-state index contributed by atoms with van der Waals surface area (Å²) in [7, 11) is 1.54. The van der Waals surface area contributed by atoms with Crippen molar-refractivity contribution in [3.8, 4) is 0 Å². The molecular weight excluding hydrogens is 541 g/mol. The van der Waals surface area contributed by atoms with E-state index < -0.39 is 33.4 Å². The van der Waals surface area contributed by atoms with Crippen LogP contribution in [-0.2, 0) is 4.79 Å². The molecule has 0 aliphatic carbocycles. The van der Waals surface area contributed by atoms with Crippen LogP contribution in [0.1, 0.15) is 0 Å². The molecule has 0 aromatic heterocycles. The Bertz CT molecular complexity index is 918. The van der Waals surface area contributed by atoms with Crippen LogP contribution >= 0.6 is 43.6 Å². The fourth-order valence-electron chi connectivity index (χ4n) is 1.86. The molecule has 2 aromatic rings. The highest BCUT2D eigenvalue weighted by Crippen LogP contribution is 2.36. The summed E-state index contributed by atoms with van der Waals surface area (Å²) in [4.78, 5) is 31.0. The van der Waals surface area contributed by atoms with Gasteiger partial charge in [0.25, 0.3) is 5.69 Å². The SMILES string of the molecule is CN[C@@H](CSc1c(Br)cccc1[N+](=O)[O-])C(=O)O.O=[N+]([O-])c1cccc(Br)c1F. The van der Waals surface area contributed by atoms with Crippen LogP contribution in [0.2, 0.25) is 0 Å². The van der Waals surface area contributed by atoms with Gasteiger partial charge in [-0.05, 0) is 51.0 Å². The first-order chi connectivity index (χ1) is 13.6. The molecule has 9 nitrogen and oxygen atoms in total. The number of benzene rings is 2. The summed E-state index contributed by atoms with van der Waals surface area (Å²) in [5.74, 6) is -1.62. The minimum absolute atomic E-state index is 0.0328. The van der Waals surface area contributed by atoms with Gasteiger partial charge in [-0.15, -0.1) is 11.8 Å². The third kappa shape index (κ3) is 7.34. The normalized spacial score (nSPS) is 11.2. The Hall–Kier alpha value is -2.09. The number of nitro benzene ring substituents is 2. The van der Waals surface area contributed by atoms with E-state index in [0.717, 1.165) is 17.8 Å². The van der Waals surface area contributed by atoms with Gasteiger partial charge in [-0.2, -0.15) is 4.39 Å². The largest absolute Gasteiger partial charge is 0.480 e. The van der Waals surface area contributed by atoms with Crippen molar-refractivity contribution in [2.45, 2.75) is 10.9 Å². The maximum atomic E-state index is 12.8. The molecule has 13 heteroatoms. The van der Waals surface area contributed by atoms with Gasteiger partial charge < -0.3 is 10.4 Å². The average Bonchev–Trinajstić information content (AvgIpc) is 2.65. The number of rotatable bonds is 7. The van der Waals surface area contributed by atoms with Crippen LogP contribution in [0.15, 0.2) is 50.2 Å². The lowest BCUT2D eigenvalue weighted by atomic mass is 10.3. The van der Waals surface area contributed by atoms with E-state index in [-0.39, 0.29) is 15.9 Å². The zero-order valence-corrected chi connectivity index (χ0v) is 18.7. The van der Waals surface area contributed by atoms with Crippen LogP contribution in [-0.4, -0.2) is 39.8 Å². The highest BCUT2D eigenvalue weighted by atomic mass is 79.9. The molecule has 0 amide bonds. The quantitative estimate of drug-likeness (QED) is 0.287. The maximum Gasteiger partial charge on any atom is 0.321 e. The van der Waals surface area contributed by atoms with Crippen molar-refractivity contribution in [1.29, 1.82) is 0 Å². The molecule has 0 aliphatic heterocycles. The number of hydrogen-bond donors (Lipinski definition) is 2. The van der Waals surface area contributed by atoms with Crippen molar-refractivity contribution in [1.82, 2.24) is 5.32 Å². The molecule has 0 spiro atoms. The van der Waals surface area contributed by atoms with Crippen LogP contribution in [0, 0.1) is 26.0 Å². The van der Waals surface area contributed by atoms with Crippen LogP contribution in [0.3, 0.4) is 0 Å². The number of nitro groups is 2. The van der Waals surface area contributed by atoms with Crippen molar-refractivity contribution in [3.05, 3.63) is 71.4 Å². The Morgan fingerprint density at radius 2 is 1.66 bits per heavy atom. The molecule has 0 aliphatic rings. The number of thioether (sulfide) groups is 1. The Morgan fingerprint density at radius 3 is 2.10 bits per heavy atom. The molecule has 0 bridgehead atoms. The van der Waals surface area contributed by atoms with E-state index in [0.29, 0.717) is 9.37 Å². The van der Waals surface area contributed by atoms with Crippen LogP contribution in [0.5, 0.6) is 0 Å². The van der Waals surface area contributed by atoms with Crippen molar-refractivity contribution < 1.29 is 24.1 Å². The maximum absolute atomic E-state index is 12.8. The lowest BCUT2D eigenvalue weighted by molar-refractivity contribution is -0.387. The number of aliphatic carboxylic acids is 1. The minimum atomic E-state index is -0.986. The molecule has 0 saturated carbocycles. The number of hydrogen-bond acceptors (Lipinski definition) is 7. The monoisotopic (exact) mass is 553 g/mol. The number of carboxylic acids is 1. The number of likely N-dealkylation sites (N-methyl/N-ethyl adjacent to an activating group) is 1. The first-order valence-electron chi connectivity index (χ1n) is 7.64. The average molecular weight is 555 g/mol. The second-order valence-electron chi connectivity index (χ2n) is 5.17. The lowest BCUT2D eigenvalue weighted by Crippen LogP contribution is -2.35. The molecule has 1 atom stereocenters. The van der Waals surface area contributed by atoms with E-state index in [1.807, 2.05) is 0 Å². The zero-order valence-electron chi connectivity index (χ0n) is 14.7. The third-order valence-electron chi connectivity index (χ3n) is 3.31. The topological polar surface area (TPSA) is 136 Å². The summed E-state index contributed by atoms with van der Waals surface area (Å²) >= 11 is 7.20. The molecule has 0 heterocycles. The van der Waals surface area contributed by atoms with Crippen molar-refractivity contribution in [2.75, 3.05) is 12.8 Å². The van der Waals surface area contributed by atoms with E-state index >= 15 is 0 Å².